The summed E-state index contributed by atoms with van der Waals surface area (Å²) in [7, 11) is 1.67. The Morgan fingerprint density at radius 2 is 2.05 bits per heavy atom. The van der Waals surface area contributed by atoms with Crippen LogP contribution in [0, 0.1) is 0 Å². The Balaban J connectivity index is 2.19. The Morgan fingerprint density at radius 1 is 1.40 bits per heavy atom. The molecule has 2 amide bonds. The van der Waals surface area contributed by atoms with E-state index in [1.165, 1.54) is 28.4 Å². The first-order valence-electron chi connectivity index (χ1n) is 6.07. The maximum atomic E-state index is 12.0. The highest BCUT2D eigenvalue weighted by atomic mass is 32.2. The van der Waals surface area contributed by atoms with Crippen molar-refractivity contribution in [3.05, 3.63) is 12.2 Å². The Kier molecular flexibility index (Phi) is 4.54. The Hall–Kier alpha value is -1.28. The average molecular weight is 312 g/mol. The number of rotatable bonds is 3. The summed E-state index contributed by atoms with van der Waals surface area (Å²) < 4.78 is 0. The van der Waals surface area contributed by atoms with Crippen molar-refractivity contribution < 1.29 is 9.59 Å². The molecular weight excluding hydrogens is 296 g/mol. The second kappa shape index (κ2) is 6.01. The van der Waals surface area contributed by atoms with Gasteiger partial charge < -0.3 is 0 Å². The highest BCUT2D eigenvalue weighted by Gasteiger charge is 2.35. The molecule has 0 N–H and O–H groups in total. The van der Waals surface area contributed by atoms with E-state index in [1.54, 1.807) is 11.9 Å². The van der Waals surface area contributed by atoms with Gasteiger partial charge in [-0.2, -0.15) is 0 Å². The van der Waals surface area contributed by atoms with Gasteiger partial charge >= 0.3 is 0 Å². The zero-order valence-corrected chi connectivity index (χ0v) is 13.3. The number of amidine groups is 2. The quantitative estimate of drug-likeness (QED) is 0.583. The fraction of sp³-hybridized carbons (Fsp3) is 0.500. The fourth-order valence-electron chi connectivity index (χ4n) is 1.69. The molecule has 1 atom stereocenters. The maximum Gasteiger partial charge on any atom is 0.242 e. The SMILES string of the molecule is C=C(C)CN1C(=O)[C@@H](C)S/C1=N/N=C1/SCC(=O)N1C. The van der Waals surface area contributed by atoms with Gasteiger partial charge in [-0.15, -0.1) is 10.2 Å². The molecule has 2 fully saturated rings. The van der Waals surface area contributed by atoms with Gasteiger partial charge in [0.2, 0.25) is 11.8 Å². The molecule has 2 aliphatic heterocycles. The van der Waals surface area contributed by atoms with Crippen molar-refractivity contribution >= 4 is 45.7 Å². The van der Waals surface area contributed by atoms with E-state index in [0.29, 0.717) is 22.6 Å². The third kappa shape index (κ3) is 3.06. The van der Waals surface area contributed by atoms with Gasteiger partial charge in [-0.25, -0.2) is 0 Å². The Morgan fingerprint density at radius 3 is 2.60 bits per heavy atom. The predicted octanol–water partition coefficient (Wildman–Crippen LogP) is 1.36. The van der Waals surface area contributed by atoms with Gasteiger partial charge in [0, 0.05) is 13.6 Å². The van der Waals surface area contributed by atoms with Gasteiger partial charge in [-0.05, 0) is 13.8 Å². The van der Waals surface area contributed by atoms with E-state index in [9.17, 15) is 9.59 Å². The molecule has 8 heteroatoms. The van der Waals surface area contributed by atoms with Crippen LogP contribution in [0.15, 0.2) is 22.4 Å². The summed E-state index contributed by atoms with van der Waals surface area (Å²) in [5, 5.41) is 9.19. The lowest BCUT2D eigenvalue weighted by atomic mass is 10.3. The molecule has 0 spiro atoms. The molecule has 0 aromatic heterocycles. The first kappa shape index (κ1) is 15.1. The highest BCUT2D eigenvalue weighted by molar-refractivity contribution is 8.15. The lowest BCUT2D eigenvalue weighted by molar-refractivity contribution is -0.125. The molecule has 0 aliphatic carbocycles. The minimum Gasteiger partial charge on any atom is -0.292 e. The minimum atomic E-state index is -0.163. The highest BCUT2D eigenvalue weighted by Crippen LogP contribution is 2.28. The van der Waals surface area contributed by atoms with E-state index in [-0.39, 0.29) is 17.1 Å². The largest absolute Gasteiger partial charge is 0.292 e. The number of thioether (sulfide) groups is 2. The number of carbonyl (C=O) groups excluding carboxylic acids is 2. The molecule has 0 unspecified atom stereocenters. The molecule has 108 valence electrons. The lowest BCUT2D eigenvalue weighted by Crippen LogP contribution is -2.32. The number of hydrogen-bond donors (Lipinski definition) is 0. The van der Waals surface area contributed by atoms with Gasteiger partial charge in [0.25, 0.3) is 0 Å². The first-order valence-corrected chi connectivity index (χ1v) is 7.94. The molecule has 2 saturated heterocycles. The van der Waals surface area contributed by atoms with E-state index in [0.717, 1.165) is 5.57 Å². The van der Waals surface area contributed by atoms with Crippen molar-refractivity contribution in [1.82, 2.24) is 9.80 Å². The smallest absolute Gasteiger partial charge is 0.242 e. The topological polar surface area (TPSA) is 65.3 Å². The lowest BCUT2D eigenvalue weighted by Gasteiger charge is -2.15. The summed E-state index contributed by atoms with van der Waals surface area (Å²) >= 11 is 2.72. The van der Waals surface area contributed by atoms with Crippen LogP contribution in [0.4, 0.5) is 0 Å². The molecule has 0 aromatic rings. The summed E-state index contributed by atoms with van der Waals surface area (Å²) in [6.45, 7) is 7.97. The number of amides is 2. The Bertz CT molecular complexity index is 530. The molecule has 0 bridgehead atoms. The normalized spacial score (nSPS) is 27.2. The van der Waals surface area contributed by atoms with Crippen LogP contribution in [-0.4, -0.2) is 56.5 Å². The van der Waals surface area contributed by atoms with Gasteiger partial charge in [-0.3, -0.25) is 19.4 Å². The van der Waals surface area contributed by atoms with Crippen LogP contribution < -0.4 is 0 Å². The Labute approximate surface area is 126 Å². The molecule has 0 aromatic carbocycles. The van der Waals surface area contributed by atoms with Crippen LogP contribution in [-0.2, 0) is 9.59 Å². The van der Waals surface area contributed by atoms with Crippen molar-refractivity contribution in [3.63, 3.8) is 0 Å². The van der Waals surface area contributed by atoms with Crippen LogP contribution in [0.3, 0.4) is 0 Å². The van der Waals surface area contributed by atoms with E-state index >= 15 is 0 Å². The van der Waals surface area contributed by atoms with Crippen LogP contribution in [0.1, 0.15) is 13.8 Å². The van der Waals surface area contributed by atoms with Gasteiger partial charge in [0.15, 0.2) is 10.3 Å². The second-order valence-electron chi connectivity index (χ2n) is 4.65. The van der Waals surface area contributed by atoms with E-state index < -0.39 is 0 Å². The molecule has 2 aliphatic rings. The molecule has 6 nitrogen and oxygen atoms in total. The predicted molar refractivity (Wildman–Crippen MR) is 83.7 cm³/mol. The molecule has 20 heavy (non-hydrogen) atoms. The summed E-state index contributed by atoms with van der Waals surface area (Å²) in [5.41, 5.74) is 0.885. The van der Waals surface area contributed by atoms with Crippen molar-refractivity contribution in [3.8, 4) is 0 Å². The summed E-state index contributed by atoms with van der Waals surface area (Å²) in [4.78, 5) is 26.5. The molecule has 2 rings (SSSR count). The third-order valence-electron chi connectivity index (χ3n) is 2.76. The fourth-order valence-corrected chi connectivity index (χ4v) is 3.44. The number of nitrogens with zero attached hydrogens (tertiary/aromatic N) is 4. The van der Waals surface area contributed by atoms with Crippen molar-refractivity contribution in [2.24, 2.45) is 10.2 Å². The number of carbonyl (C=O) groups is 2. The maximum absolute atomic E-state index is 12.0. The average Bonchev–Trinajstić information content (AvgIpc) is 2.83. The third-order valence-corrected chi connectivity index (χ3v) is 4.83. The second-order valence-corrected chi connectivity index (χ2v) is 6.90. The van der Waals surface area contributed by atoms with Gasteiger partial charge in [-0.1, -0.05) is 35.7 Å². The minimum absolute atomic E-state index is 0.0104. The van der Waals surface area contributed by atoms with Gasteiger partial charge in [0.1, 0.15) is 0 Å². The molecule has 2 heterocycles. The van der Waals surface area contributed by atoms with Gasteiger partial charge in [0.05, 0.1) is 11.0 Å². The summed E-state index contributed by atoms with van der Waals surface area (Å²) in [6.07, 6.45) is 0. The molecule has 0 saturated carbocycles. The van der Waals surface area contributed by atoms with E-state index in [4.69, 9.17) is 0 Å². The van der Waals surface area contributed by atoms with E-state index in [2.05, 4.69) is 16.8 Å². The van der Waals surface area contributed by atoms with Crippen LogP contribution in [0.5, 0.6) is 0 Å². The van der Waals surface area contributed by atoms with Crippen LogP contribution >= 0.6 is 23.5 Å². The first-order chi connectivity index (χ1) is 9.40. The zero-order chi connectivity index (χ0) is 14.9. The monoisotopic (exact) mass is 312 g/mol. The van der Waals surface area contributed by atoms with Crippen LogP contribution in [0.2, 0.25) is 0 Å². The van der Waals surface area contributed by atoms with Crippen molar-refractivity contribution in [2.45, 2.75) is 19.1 Å². The molecular formula is C12H16N4O2S2. The van der Waals surface area contributed by atoms with Crippen LogP contribution in [0.25, 0.3) is 0 Å². The summed E-state index contributed by atoms with van der Waals surface area (Å²) in [6, 6.07) is 0. The zero-order valence-electron chi connectivity index (χ0n) is 11.6. The van der Waals surface area contributed by atoms with Crippen molar-refractivity contribution in [2.75, 3.05) is 19.3 Å². The van der Waals surface area contributed by atoms with E-state index in [1.807, 2.05) is 13.8 Å². The van der Waals surface area contributed by atoms with Crippen molar-refractivity contribution in [1.29, 1.82) is 0 Å². The standard InChI is InChI=1S/C12H16N4O2S2/c1-7(2)5-16-10(18)8(3)20-12(16)14-13-11-15(4)9(17)6-19-11/h8H,1,5-6H2,2-4H3/b13-11+,14-12+/t8-/m1/s1. The molecule has 0 radical (unpaired) electrons. The summed E-state index contributed by atoms with van der Waals surface area (Å²) in [5.74, 6) is 0.412. The number of hydrogen-bond acceptors (Lipinski definition) is 6.